The Labute approximate surface area is 157 Å². The third-order valence-electron chi connectivity index (χ3n) is 4.85. The molecule has 0 spiro atoms. The first kappa shape index (κ1) is 17.5. The first-order valence-corrected chi connectivity index (χ1v) is 9.01. The molecule has 0 saturated carbocycles. The van der Waals surface area contributed by atoms with Crippen LogP contribution in [-0.4, -0.2) is 47.9 Å². The van der Waals surface area contributed by atoms with E-state index in [9.17, 15) is 4.79 Å². The Morgan fingerprint density at radius 2 is 2.04 bits per heavy atom. The van der Waals surface area contributed by atoms with E-state index in [0.717, 1.165) is 30.0 Å². The number of pyridine rings is 1. The van der Waals surface area contributed by atoms with Gasteiger partial charge in [-0.15, -0.1) is 0 Å². The van der Waals surface area contributed by atoms with Crippen LogP contribution in [0.2, 0.25) is 0 Å². The van der Waals surface area contributed by atoms with Crippen LogP contribution < -0.4 is 15.8 Å². The molecule has 7 nitrogen and oxygen atoms in total. The van der Waals surface area contributed by atoms with Gasteiger partial charge in [0.25, 0.3) is 5.56 Å². The Morgan fingerprint density at radius 1 is 1.26 bits per heavy atom. The smallest absolute Gasteiger partial charge is 0.264 e. The molecule has 1 fully saturated rings. The molecule has 1 atom stereocenters. The molecular formula is C20H23N5O2. The normalized spacial score (nSPS) is 16.6. The lowest BCUT2D eigenvalue weighted by molar-refractivity contribution is 0.195. The zero-order valence-electron chi connectivity index (χ0n) is 15.8. The summed E-state index contributed by atoms with van der Waals surface area (Å²) in [5, 5.41) is 3.91. The van der Waals surface area contributed by atoms with Crippen LogP contribution in [-0.2, 0) is 11.8 Å². The van der Waals surface area contributed by atoms with Gasteiger partial charge < -0.3 is 19.5 Å². The molecule has 0 unspecified atom stereocenters. The van der Waals surface area contributed by atoms with Gasteiger partial charge in [0.2, 0.25) is 0 Å². The number of nitrogens with zero attached hydrogens (tertiary/aromatic N) is 4. The topological polar surface area (TPSA) is 72.3 Å². The van der Waals surface area contributed by atoms with Crippen molar-refractivity contribution in [3.8, 4) is 11.3 Å². The van der Waals surface area contributed by atoms with Crippen molar-refractivity contribution < 1.29 is 4.74 Å². The van der Waals surface area contributed by atoms with Gasteiger partial charge in [-0.2, -0.15) is 0 Å². The largest absolute Gasteiger partial charge is 0.379 e. The number of fused-ring (bicyclic) bond motifs is 1. The first-order valence-electron chi connectivity index (χ1n) is 9.01. The predicted octanol–water partition coefficient (Wildman–Crippen LogP) is 2.26. The molecule has 1 aliphatic heterocycles. The third kappa shape index (κ3) is 3.38. The molecule has 1 aliphatic rings. The van der Waals surface area contributed by atoms with Crippen molar-refractivity contribution in [3.63, 3.8) is 0 Å². The molecule has 1 N–H and O–H groups in total. The summed E-state index contributed by atoms with van der Waals surface area (Å²) in [6.45, 7) is 1.34. The molecule has 7 heteroatoms. The number of benzene rings is 1. The van der Waals surface area contributed by atoms with Crippen molar-refractivity contribution in [3.05, 3.63) is 47.0 Å². The van der Waals surface area contributed by atoms with Crippen LogP contribution in [0.1, 0.15) is 6.42 Å². The molecule has 3 aromatic rings. The SMILES string of the molecule is CN(C)c1ccc(-c2cc3ncn(C)c(=O)c3c(N[C@@H]3CCOC3)n2)cc1. The summed E-state index contributed by atoms with van der Waals surface area (Å²) in [7, 11) is 5.72. The van der Waals surface area contributed by atoms with Crippen molar-refractivity contribution in [1.29, 1.82) is 0 Å². The van der Waals surface area contributed by atoms with Crippen molar-refractivity contribution in [2.75, 3.05) is 37.5 Å². The Morgan fingerprint density at radius 3 is 2.70 bits per heavy atom. The maximum Gasteiger partial charge on any atom is 0.264 e. The lowest BCUT2D eigenvalue weighted by Crippen LogP contribution is -2.24. The van der Waals surface area contributed by atoms with E-state index in [2.05, 4.69) is 27.3 Å². The van der Waals surface area contributed by atoms with Crippen LogP contribution in [0.3, 0.4) is 0 Å². The molecule has 2 aromatic heterocycles. The quantitative estimate of drug-likeness (QED) is 0.765. The number of rotatable bonds is 4. The molecule has 1 saturated heterocycles. The Bertz CT molecular complexity index is 1020. The van der Waals surface area contributed by atoms with Gasteiger partial charge in [0.1, 0.15) is 11.2 Å². The highest BCUT2D eigenvalue weighted by Gasteiger charge is 2.19. The highest BCUT2D eigenvalue weighted by Crippen LogP contribution is 2.27. The minimum Gasteiger partial charge on any atom is -0.379 e. The summed E-state index contributed by atoms with van der Waals surface area (Å²) in [5.74, 6) is 0.573. The van der Waals surface area contributed by atoms with Crippen molar-refractivity contribution in [1.82, 2.24) is 14.5 Å². The molecule has 1 aromatic carbocycles. The third-order valence-corrected chi connectivity index (χ3v) is 4.85. The van der Waals surface area contributed by atoms with Crippen molar-refractivity contribution in [2.24, 2.45) is 7.05 Å². The standard InChI is InChI=1S/C20H23N5O2/c1-24(2)15-6-4-13(5-7-15)16-10-17-18(20(26)25(3)12-21-17)19(23-16)22-14-8-9-27-11-14/h4-7,10,12,14H,8-9,11H2,1-3H3,(H,22,23)/t14-/m1/s1. The van der Waals surface area contributed by atoms with E-state index in [-0.39, 0.29) is 11.6 Å². The number of aromatic nitrogens is 3. The number of hydrogen-bond acceptors (Lipinski definition) is 6. The van der Waals surface area contributed by atoms with E-state index >= 15 is 0 Å². The average molecular weight is 365 g/mol. The molecule has 140 valence electrons. The maximum absolute atomic E-state index is 12.7. The van der Waals surface area contributed by atoms with Crippen LogP contribution >= 0.6 is 0 Å². The number of anilines is 2. The number of hydrogen-bond donors (Lipinski definition) is 1. The molecule has 3 heterocycles. The van der Waals surface area contributed by atoms with Crippen LogP contribution in [0.15, 0.2) is 41.5 Å². The van der Waals surface area contributed by atoms with Gasteiger partial charge in [-0.05, 0) is 24.6 Å². The monoisotopic (exact) mass is 365 g/mol. The van der Waals surface area contributed by atoms with Gasteiger partial charge in [-0.1, -0.05) is 12.1 Å². The predicted molar refractivity (Wildman–Crippen MR) is 107 cm³/mol. The second-order valence-electron chi connectivity index (χ2n) is 7.06. The van der Waals surface area contributed by atoms with E-state index in [4.69, 9.17) is 9.72 Å². The number of ether oxygens (including phenoxy) is 1. The molecule has 0 aliphatic carbocycles. The van der Waals surface area contributed by atoms with E-state index < -0.39 is 0 Å². The summed E-state index contributed by atoms with van der Waals surface area (Å²) in [6, 6.07) is 10.2. The molecule has 0 radical (unpaired) electrons. The van der Waals surface area contributed by atoms with Crippen LogP contribution in [0.25, 0.3) is 22.2 Å². The molecule has 0 amide bonds. The summed E-state index contributed by atoms with van der Waals surface area (Å²) in [5.41, 5.74) is 3.42. The van der Waals surface area contributed by atoms with Gasteiger partial charge in [-0.3, -0.25) is 4.79 Å². The maximum atomic E-state index is 12.7. The molecular weight excluding hydrogens is 342 g/mol. The van der Waals surface area contributed by atoms with E-state index in [1.54, 1.807) is 13.4 Å². The molecule has 4 rings (SSSR count). The van der Waals surface area contributed by atoms with Crippen LogP contribution in [0.5, 0.6) is 0 Å². The van der Waals surface area contributed by atoms with Crippen molar-refractivity contribution in [2.45, 2.75) is 12.5 Å². The number of nitrogens with one attached hydrogen (secondary N) is 1. The van der Waals surface area contributed by atoms with Gasteiger partial charge in [0.15, 0.2) is 0 Å². The fourth-order valence-electron chi connectivity index (χ4n) is 3.25. The Hall–Kier alpha value is -2.93. The van der Waals surface area contributed by atoms with Crippen molar-refractivity contribution >= 4 is 22.4 Å². The Balaban J connectivity index is 1.84. The summed E-state index contributed by atoms with van der Waals surface area (Å²) >= 11 is 0. The summed E-state index contributed by atoms with van der Waals surface area (Å²) < 4.78 is 6.93. The van der Waals surface area contributed by atoms with E-state index in [1.807, 2.05) is 32.3 Å². The van der Waals surface area contributed by atoms with Crippen LogP contribution in [0.4, 0.5) is 11.5 Å². The first-order chi connectivity index (χ1) is 13.0. The van der Waals surface area contributed by atoms with Gasteiger partial charge in [-0.25, -0.2) is 9.97 Å². The zero-order chi connectivity index (χ0) is 19.0. The highest BCUT2D eigenvalue weighted by molar-refractivity contribution is 5.91. The van der Waals surface area contributed by atoms with Gasteiger partial charge in [0.05, 0.1) is 30.2 Å². The second-order valence-corrected chi connectivity index (χ2v) is 7.06. The minimum atomic E-state index is -0.108. The van der Waals surface area contributed by atoms with E-state index in [1.165, 1.54) is 4.57 Å². The summed E-state index contributed by atoms with van der Waals surface area (Å²) in [6.07, 6.45) is 2.44. The molecule has 27 heavy (non-hydrogen) atoms. The average Bonchev–Trinajstić information content (AvgIpc) is 3.17. The highest BCUT2D eigenvalue weighted by atomic mass is 16.5. The zero-order valence-corrected chi connectivity index (χ0v) is 15.8. The van der Waals surface area contributed by atoms with Gasteiger partial charge >= 0.3 is 0 Å². The minimum absolute atomic E-state index is 0.108. The lowest BCUT2D eigenvalue weighted by atomic mass is 10.1. The Kier molecular flexibility index (Phi) is 4.53. The lowest BCUT2D eigenvalue weighted by Gasteiger charge is -2.16. The van der Waals surface area contributed by atoms with E-state index in [0.29, 0.717) is 23.3 Å². The van der Waals surface area contributed by atoms with Gasteiger partial charge in [0, 0.05) is 39.0 Å². The van der Waals surface area contributed by atoms with Crippen LogP contribution in [0, 0.1) is 0 Å². The number of aryl methyl sites for hydroxylation is 1. The summed E-state index contributed by atoms with van der Waals surface area (Å²) in [4.78, 5) is 24.0. The second kappa shape index (κ2) is 7.00. The fraction of sp³-hybridized carbons (Fsp3) is 0.350. The molecule has 0 bridgehead atoms. The fourth-order valence-corrected chi connectivity index (χ4v) is 3.25.